The predicted molar refractivity (Wildman–Crippen MR) is 96.4 cm³/mol. The molecular formula is C16H23N3O4S2. The van der Waals surface area contributed by atoms with Crippen LogP contribution in [0.2, 0.25) is 0 Å². The second-order valence-corrected chi connectivity index (χ2v) is 8.43. The van der Waals surface area contributed by atoms with Gasteiger partial charge >= 0.3 is 5.97 Å². The molecular weight excluding hydrogens is 362 g/mol. The molecule has 0 radical (unpaired) electrons. The number of likely N-dealkylation sites (tertiary alicyclic amines) is 1. The van der Waals surface area contributed by atoms with E-state index in [-0.39, 0.29) is 17.6 Å². The Morgan fingerprint density at radius 1 is 1.48 bits per heavy atom. The predicted octanol–water partition coefficient (Wildman–Crippen LogP) is 1.69. The third-order valence-corrected chi connectivity index (χ3v) is 6.49. The van der Waals surface area contributed by atoms with E-state index in [2.05, 4.69) is 10.3 Å². The molecule has 25 heavy (non-hydrogen) atoms. The summed E-state index contributed by atoms with van der Waals surface area (Å²) in [6.45, 7) is 3.18. The van der Waals surface area contributed by atoms with Crippen molar-refractivity contribution in [1.29, 1.82) is 0 Å². The second-order valence-electron chi connectivity index (χ2n) is 6.23. The highest BCUT2D eigenvalue weighted by Gasteiger charge is 2.30. The maximum absolute atomic E-state index is 12.1. The molecule has 0 aromatic carbocycles. The fourth-order valence-corrected chi connectivity index (χ4v) is 4.99. The molecule has 1 aromatic rings. The molecule has 138 valence electrons. The van der Waals surface area contributed by atoms with Crippen molar-refractivity contribution in [2.75, 3.05) is 32.0 Å². The van der Waals surface area contributed by atoms with Crippen LogP contribution in [0.3, 0.4) is 0 Å². The fourth-order valence-electron chi connectivity index (χ4n) is 3.18. The number of carbonyl (C=O) groups excluding carboxylic acids is 1. The minimum Gasteiger partial charge on any atom is -0.476 e. The Kier molecular flexibility index (Phi) is 6.69. The average molecular weight is 386 g/mol. The number of ether oxygens (including phenoxy) is 1. The molecule has 2 aliphatic rings. The number of carboxylic acid groups (broad SMARTS) is 1. The summed E-state index contributed by atoms with van der Waals surface area (Å²) < 4.78 is 6.34. The number of hydrogen-bond acceptors (Lipinski definition) is 7. The van der Waals surface area contributed by atoms with Gasteiger partial charge in [-0.2, -0.15) is 0 Å². The first kappa shape index (κ1) is 18.6. The molecule has 0 spiro atoms. The summed E-state index contributed by atoms with van der Waals surface area (Å²) in [5.74, 6) is -0.0781. The van der Waals surface area contributed by atoms with E-state index in [9.17, 15) is 9.59 Å². The number of nitrogens with one attached hydrogen (secondary N) is 1. The smallest absolute Gasteiger partial charge is 0.355 e. The highest BCUT2D eigenvalue weighted by Crippen LogP contribution is 2.25. The number of thioether (sulfide) groups is 1. The van der Waals surface area contributed by atoms with Crippen LogP contribution < -0.4 is 5.32 Å². The molecule has 3 rings (SSSR count). The summed E-state index contributed by atoms with van der Waals surface area (Å²) in [6.07, 6.45) is 4.07. The number of aromatic nitrogens is 1. The molecule has 0 bridgehead atoms. The molecule has 2 atom stereocenters. The summed E-state index contributed by atoms with van der Waals surface area (Å²) in [6, 6.07) is 0.236. The van der Waals surface area contributed by atoms with E-state index in [0.29, 0.717) is 19.1 Å². The van der Waals surface area contributed by atoms with Gasteiger partial charge in [-0.3, -0.25) is 4.79 Å². The van der Waals surface area contributed by atoms with Crippen molar-refractivity contribution >= 4 is 35.0 Å². The number of carbonyl (C=O) groups is 2. The minimum atomic E-state index is -1.00. The first-order valence-corrected chi connectivity index (χ1v) is 10.4. The minimum absolute atomic E-state index is 0.0842. The summed E-state index contributed by atoms with van der Waals surface area (Å²) in [7, 11) is 0. The van der Waals surface area contributed by atoms with Crippen LogP contribution in [-0.2, 0) is 9.53 Å². The van der Waals surface area contributed by atoms with E-state index in [0.717, 1.165) is 49.1 Å². The van der Waals surface area contributed by atoms with Crippen molar-refractivity contribution in [3.05, 3.63) is 11.1 Å². The monoisotopic (exact) mass is 385 g/mol. The number of rotatable bonds is 9. The topological polar surface area (TPSA) is 91.8 Å². The zero-order valence-corrected chi connectivity index (χ0v) is 15.6. The Balaban J connectivity index is 1.40. The van der Waals surface area contributed by atoms with Crippen LogP contribution in [0.5, 0.6) is 0 Å². The van der Waals surface area contributed by atoms with E-state index in [1.807, 2.05) is 4.90 Å². The normalized spacial score (nSPS) is 23.5. The lowest BCUT2D eigenvalue weighted by Crippen LogP contribution is -2.42. The van der Waals surface area contributed by atoms with Crippen LogP contribution in [0, 0.1) is 0 Å². The second kappa shape index (κ2) is 8.98. The molecule has 0 saturated carbocycles. The maximum atomic E-state index is 12.1. The Morgan fingerprint density at radius 2 is 2.36 bits per heavy atom. The van der Waals surface area contributed by atoms with Crippen LogP contribution in [0.15, 0.2) is 9.72 Å². The number of carboxylic acids is 1. The zero-order valence-electron chi connectivity index (χ0n) is 14.0. The van der Waals surface area contributed by atoms with Gasteiger partial charge in [-0.1, -0.05) is 11.8 Å². The quantitative estimate of drug-likeness (QED) is 0.625. The van der Waals surface area contributed by atoms with Gasteiger partial charge in [-0.25, -0.2) is 9.78 Å². The Hall–Kier alpha value is -1.16. The van der Waals surface area contributed by atoms with Crippen molar-refractivity contribution in [1.82, 2.24) is 15.2 Å². The summed E-state index contributed by atoms with van der Waals surface area (Å²) in [4.78, 5) is 29.0. The number of amides is 1. The molecule has 1 unspecified atom stereocenters. The van der Waals surface area contributed by atoms with Crippen molar-refractivity contribution < 1.29 is 19.4 Å². The molecule has 2 N–H and O–H groups in total. The van der Waals surface area contributed by atoms with Crippen molar-refractivity contribution in [3.63, 3.8) is 0 Å². The van der Waals surface area contributed by atoms with Crippen LogP contribution in [-0.4, -0.2) is 71.0 Å². The van der Waals surface area contributed by atoms with Gasteiger partial charge in [0.25, 0.3) is 0 Å². The number of aromatic carboxylic acids is 1. The van der Waals surface area contributed by atoms with E-state index in [1.54, 1.807) is 5.38 Å². The summed E-state index contributed by atoms with van der Waals surface area (Å²) in [5.41, 5.74) is 0.0842. The lowest BCUT2D eigenvalue weighted by atomic mass is 10.2. The third-order valence-electron chi connectivity index (χ3n) is 4.49. The summed E-state index contributed by atoms with van der Waals surface area (Å²) in [5, 5.41) is 13.9. The average Bonchev–Trinajstić information content (AvgIpc) is 3.31. The Labute approximate surface area is 155 Å². The first-order chi connectivity index (χ1) is 12.1. The molecule has 2 aliphatic heterocycles. The number of thiazole rings is 1. The van der Waals surface area contributed by atoms with Crippen molar-refractivity contribution in [2.45, 2.75) is 42.2 Å². The molecule has 2 saturated heterocycles. The van der Waals surface area contributed by atoms with Gasteiger partial charge in [0.05, 0.1) is 6.10 Å². The molecule has 3 heterocycles. The largest absolute Gasteiger partial charge is 0.476 e. The number of hydrogen-bond donors (Lipinski definition) is 2. The van der Waals surface area contributed by atoms with E-state index < -0.39 is 5.97 Å². The highest BCUT2D eigenvalue weighted by molar-refractivity contribution is 8.01. The third kappa shape index (κ3) is 5.16. The van der Waals surface area contributed by atoms with Gasteiger partial charge in [-0.05, 0) is 19.3 Å². The molecule has 9 heteroatoms. The summed E-state index contributed by atoms with van der Waals surface area (Å²) >= 11 is 2.83. The Morgan fingerprint density at radius 3 is 3.08 bits per heavy atom. The van der Waals surface area contributed by atoms with Crippen LogP contribution in [0.1, 0.15) is 36.2 Å². The molecule has 2 fully saturated rings. The zero-order chi connectivity index (χ0) is 17.6. The number of nitrogens with zero attached hydrogens (tertiary/aromatic N) is 2. The van der Waals surface area contributed by atoms with Gasteiger partial charge in [0.1, 0.15) is 0 Å². The van der Waals surface area contributed by atoms with Gasteiger partial charge in [0.15, 0.2) is 10.0 Å². The van der Waals surface area contributed by atoms with E-state index in [4.69, 9.17) is 9.84 Å². The van der Waals surface area contributed by atoms with Gasteiger partial charge in [0.2, 0.25) is 5.91 Å². The van der Waals surface area contributed by atoms with Gasteiger partial charge < -0.3 is 20.1 Å². The highest BCUT2D eigenvalue weighted by atomic mass is 32.2. The first-order valence-electron chi connectivity index (χ1n) is 8.57. The fraction of sp³-hybridized carbons (Fsp3) is 0.688. The molecule has 0 aliphatic carbocycles. The van der Waals surface area contributed by atoms with Gasteiger partial charge in [0, 0.05) is 49.8 Å². The van der Waals surface area contributed by atoms with Crippen LogP contribution >= 0.6 is 23.1 Å². The van der Waals surface area contributed by atoms with Gasteiger partial charge in [-0.15, -0.1) is 11.3 Å². The van der Waals surface area contributed by atoms with Crippen molar-refractivity contribution in [3.8, 4) is 0 Å². The maximum Gasteiger partial charge on any atom is 0.355 e. The lowest BCUT2D eigenvalue weighted by Gasteiger charge is -2.25. The molecule has 1 amide bonds. The lowest BCUT2D eigenvalue weighted by molar-refractivity contribution is -0.128. The van der Waals surface area contributed by atoms with Crippen LogP contribution in [0.4, 0.5) is 0 Å². The van der Waals surface area contributed by atoms with E-state index >= 15 is 0 Å². The van der Waals surface area contributed by atoms with Crippen molar-refractivity contribution in [2.24, 2.45) is 0 Å². The Bertz CT molecular complexity index is 604. The molecule has 7 nitrogen and oxygen atoms in total. The van der Waals surface area contributed by atoms with E-state index in [1.165, 1.54) is 23.1 Å². The molecule has 1 aromatic heterocycles. The standard InChI is InChI=1S/C16H23N3O4S2/c20-14-4-3-11(8-17-9-12-2-1-6-23-12)19(14)5-7-24-16-18-13(10-25-16)15(21)22/h10-12,17H,1-9H2,(H,21,22)/t11-,12?/m1/s1. The van der Waals surface area contributed by atoms with Crippen LogP contribution in [0.25, 0.3) is 0 Å². The SMILES string of the molecule is O=C(O)c1csc(SCCN2C(=O)CC[C@@H]2CNCC2CCCO2)n1.